The molecule has 2 rings (SSSR count). The summed E-state index contributed by atoms with van der Waals surface area (Å²) in [4.78, 5) is 13.1. The molecule has 5 nitrogen and oxygen atoms in total. The number of aliphatic hydroxyl groups is 2. The first-order chi connectivity index (χ1) is 7.15. The second-order valence-corrected chi connectivity index (χ2v) is 4.31. The molecule has 2 N–H and O–H groups in total. The maximum atomic E-state index is 11.6. The van der Waals surface area contributed by atoms with E-state index in [0.29, 0.717) is 12.8 Å². The summed E-state index contributed by atoms with van der Waals surface area (Å²) in [6, 6.07) is -0.362. The maximum Gasteiger partial charge on any atom is 0.410 e. The minimum Gasteiger partial charge on any atom is -0.453 e. The number of carbonyl (C=O) groups excluding carboxylic acids is 1. The van der Waals surface area contributed by atoms with Crippen LogP contribution in [0.3, 0.4) is 0 Å². The fraction of sp³-hybridized carbons (Fsp3) is 0.900. The smallest absolute Gasteiger partial charge is 0.410 e. The van der Waals surface area contributed by atoms with E-state index in [1.165, 1.54) is 12.0 Å². The van der Waals surface area contributed by atoms with Gasteiger partial charge >= 0.3 is 6.09 Å². The highest BCUT2D eigenvalue weighted by Crippen LogP contribution is 2.34. The number of hydrogen-bond acceptors (Lipinski definition) is 4. The summed E-state index contributed by atoms with van der Waals surface area (Å²) in [5.74, 6) is 0. The van der Waals surface area contributed by atoms with E-state index in [2.05, 4.69) is 4.74 Å². The molecule has 2 saturated heterocycles. The summed E-state index contributed by atoms with van der Waals surface area (Å²) in [7, 11) is 1.32. The standard InChI is InChI=1S/C10H17NO4/c1-15-10(14)11-6-2-4-7(12)9(11)8(13)5-3-6/h6-9,12-13H,2-5H2,1H3/t6?,7-,8+,9?. The van der Waals surface area contributed by atoms with Crippen LogP contribution in [0.1, 0.15) is 25.7 Å². The molecule has 0 aromatic carbocycles. The Bertz CT molecular complexity index is 244. The van der Waals surface area contributed by atoms with E-state index >= 15 is 0 Å². The monoisotopic (exact) mass is 215 g/mol. The van der Waals surface area contributed by atoms with Crippen molar-refractivity contribution >= 4 is 6.09 Å². The quantitative estimate of drug-likeness (QED) is 0.601. The fourth-order valence-electron chi connectivity index (χ4n) is 2.74. The highest BCUT2D eigenvalue weighted by atomic mass is 16.5. The molecule has 0 spiro atoms. The second-order valence-electron chi connectivity index (χ2n) is 4.31. The molecule has 5 heteroatoms. The summed E-state index contributed by atoms with van der Waals surface area (Å²) in [5.41, 5.74) is 0. The van der Waals surface area contributed by atoms with E-state index < -0.39 is 24.3 Å². The first-order valence-electron chi connectivity index (χ1n) is 5.37. The number of carbonyl (C=O) groups is 1. The number of ether oxygens (including phenoxy) is 1. The molecule has 0 aromatic rings. The van der Waals surface area contributed by atoms with E-state index in [4.69, 9.17) is 0 Å². The second kappa shape index (κ2) is 3.98. The third-order valence-electron chi connectivity index (χ3n) is 3.48. The largest absolute Gasteiger partial charge is 0.453 e. The van der Waals surface area contributed by atoms with Gasteiger partial charge in [-0.2, -0.15) is 0 Å². The van der Waals surface area contributed by atoms with Gasteiger partial charge in [0.15, 0.2) is 0 Å². The molecule has 2 fully saturated rings. The number of hydrogen-bond donors (Lipinski definition) is 2. The van der Waals surface area contributed by atoms with Crippen molar-refractivity contribution in [1.82, 2.24) is 4.90 Å². The minimum absolute atomic E-state index is 0.120. The Hall–Kier alpha value is -0.810. The number of aliphatic hydroxyl groups excluding tert-OH is 2. The van der Waals surface area contributed by atoms with E-state index in [1.54, 1.807) is 0 Å². The summed E-state index contributed by atoms with van der Waals surface area (Å²) in [6.45, 7) is 0. The van der Waals surface area contributed by atoms with Crippen LogP contribution in [0.4, 0.5) is 4.79 Å². The van der Waals surface area contributed by atoms with Gasteiger partial charge in [-0.3, -0.25) is 4.90 Å². The highest BCUT2D eigenvalue weighted by Gasteiger charge is 2.46. The number of piperidine rings is 2. The van der Waals surface area contributed by atoms with Crippen LogP contribution in [0.2, 0.25) is 0 Å². The Morgan fingerprint density at radius 1 is 1.20 bits per heavy atom. The molecule has 15 heavy (non-hydrogen) atoms. The van der Waals surface area contributed by atoms with E-state index in [1.807, 2.05) is 0 Å². The Labute approximate surface area is 88.6 Å². The van der Waals surface area contributed by atoms with Crippen LogP contribution in [-0.4, -0.2) is 52.6 Å². The van der Waals surface area contributed by atoms with Crippen LogP contribution in [0, 0.1) is 0 Å². The number of methoxy groups -OCH3 is 1. The topological polar surface area (TPSA) is 70.0 Å². The molecular weight excluding hydrogens is 198 g/mol. The van der Waals surface area contributed by atoms with Crippen molar-refractivity contribution in [2.45, 2.75) is 50.0 Å². The lowest BCUT2D eigenvalue weighted by Gasteiger charge is -2.49. The lowest BCUT2D eigenvalue weighted by atomic mass is 9.81. The van der Waals surface area contributed by atoms with Gasteiger partial charge in [0.05, 0.1) is 25.4 Å². The molecule has 2 aliphatic heterocycles. The van der Waals surface area contributed by atoms with E-state index in [9.17, 15) is 15.0 Å². The predicted molar refractivity (Wildman–Crippen MR) is 52.3 cm³/mol. The van der Waals surface area contributed by atoms with Gasteiger partial charge in [0.25, 0.3) is 0 Å². The SMILES string of the molecule is COC(=O)N1C2CC[C@@H](O)C1[C@@H](O)CC2. The van der Waals surface area contributed by atoms with Crippen molar-refractivity contribution in [2.24, 2.45) is 0 Å². The van der Waals surface area contributed by atoms with Gasteiger partial charge in [-0.1, -0.05) is 0 Å². The highest BCUT2D eigenvalue weighted by molar-refractivity contribution is 5.69. The van der Waals surface area contributed by atoms with Crippen molar-refractivity contribution in [2.75, 3.05) is 7.11 Å². The van der Waals surface area contributed by atoms with Gasteiger partial charge in [-0.05, 0) is 25.7 Å². The molecule has 0 radical (unpaired) electrons. The molecule has 4 atom stereocenters. The lowest BCUT2D eigenvalue weighted by Crippen LogP contribution is -2.63. The lowest BCUT2D eigenvalue weighted by molar-refractivity contribution is -0.0956. The van der Waals surface area contributed by atoms with Gasteiger partial charge in [0.2, 0.25) is 0 Å². The average molecular weight is 215 g/mol. The van der Waals surface area contributed by atoms with Gasteiger partial charge in [-0.25, -0.2) is 4.79 Å². The van der Waals surface area contributed by atoms with Crippen LogP contribution in [-0.2, 0) is 4.74 Å². The Balaban J connectivity index is 2.22. The third kappa shape index (κ3) is 1.70. The van der Waals surface area contributed by atoms with Crippen molar-refractivity contribution in [1.29, 1.82) is 0 Å². The number of rotatable bonds is 0. The first kappa shape index (κ1) is 10.7. The zero-order chi connectivity index (χ0) is 11.0. The molecule has 0 saturated carbocycles. The molecule has 2 bridgehead atoms. The molecular formula is C10H17NO4. The van der Waals surface area contributed by atoms with Crippen LogP contribution in [0.5, 0.6) is 0 Å². The Kier molecular flexibility index (Phi) is 2.84. The van der Waals surface area contributed by atoms with Crippen molar-refractivity contribution in [3.8, 4) is 0 Å². The van der Waals surface area contributed by atoms with Crippen LogP contribution in [0.15, 0.2) is 0 Å². The Morgan fingerprint density at radius 2 is 1.73 bits per heavy atom. The third-order valence-corrected chi connectivity index (χ3v) is 3.48. The summed E-state index contributed by atoms with van der Waals surface area (Å²) >= 11 is 0. The summed E-state index contributed by atoms with van der Waals surface area (Å²) < 4.78 is 4.69. The van der Waals surface area contributed by atoms with Gasteiger partial charge in [-0.15, -0.1) is 0 Å². The van der Waals surface area contributed by atoms with Crippen molar-refractivity contribution in [3.63, 3.8) is 0 Å². The number of amides is 1. The molecule has 2 unspecified atom stereocenters. The van der Waals surface area contributed by atoms with Crippen molar-refractivity contribution < 1.29 is 19.7 Å². The van der Waals surface area contributed by atoms with Gasteiger partial charge in [0, 0.05) is 6.04 Å². The van der Waals surface area contributed by atoms with Crippen LogP contribution in [0.25, 0.3) is 0 Å². The van der Waals surface area contributed by atoms with Gasteiger partial charge in [0.1, 0.15) is 0 Å². The molecule has 86 valence electrons. The summed E-state index contributed by atoms with van der Waals surface area (Å²) in [6.07, 6.45) is 1.19. The molecule has 2 heterocycles. The first-order valence-corrected chi connectivity index (χ1v) is 5.37. The Morgan fingerprint density at radius 3 is 2.20 bits per heavy atom. The van der Waals surface area contributed by atoms with E-state index in [-0.39, 0.29) is 6.04 Å². The average Bonchev–Trinajstić information content (AvgIpc) is 2.25. The maximum absolute atomic E-state index is 11.6. The van der Waals surface area contributed by atoms with Crippen LogP contribution >= 0.6 is 0 Å². The zero-order valence-corrected chi connectivity index (χ0v) is 8.80. The normalized spacial score (nSPS) is 40.1. The van der Waals surface area contributed by atoms with Crippen LogP contribution < -0.4 is 0 Å². The molecule has 0 aromatic heterocycles. The molecule has 0 aliphatic carbocycles. The zero-order valence-electron chi connectivity index (χ0n) is 8.80. The predicted octanol–water partition coefficient (Wildman–Crippen LogP) is 0.101. The number of nitrogens with zero attached hydrogens (tertiary/aromatic N) is 1. The molecule has 1 amide bonds. The minimum atomic E-state index is -0.629. The fourth-order valence-corrected chi connectivity index (χ4v) is 2.74. The van der Waals surface area contributed by atoms with Crippen molar-refractivity contribution in [3.05, 3.63) is 0 Å². The summed E-state index contributed by atoms with van der Waals surface area (Å²) in [5, 5.41) is 19.6. The number of fused-ring (bicyclic) bond motifs is 2. The van der Waals surface area contributed by atoms with Gasteiger partial charge < -0.3 is 14.9 Å². The van der Waals surface area contributed by atoms with E-state index in [0.717, 1.165) is 12.8 Å². The molecule has 2 aliphatic rings.